The molecule has 1 N–H and O–H groups in total. The average Bonchev–Trinajstić information content (AvgIpc) is 2.45. The van der Waals surface area contributed by atoms with Gasteiger partial charge >= 0.3 is 6.09 Å². The van der Waals surface area contributed by atoms with Crippen LogP contribution in [0.2, 0.25) is 0 Å². The van der Waals surface area contributed by atoms with E-state index in [-0.39, 0.29) is 12.1 Å². The Kier molecular flexibility index (Phi) is 6.09. The Morgan fingerprint density at radius 3 is 2.59 bits per heavy atom. The topological polar surface area (TPSA) is 50.8 Å². The number of morpholine rings is 1. The van der Waals surface area contributed by atoms with Crippen LogP contribution in [0.15, 0.2) is 0 Å². The van der Waals surface area contributed by atoms with Gasteiger partial charge in [0.2, 0.25) is 0 Å². The molecule has 5 heteroatoms. The van der Waals surface area contributed by atoms with E-state index in [9.17, 15) is 4.79 Å². The number of carbonyl (C=O) groups excluding carboxylic acids is 1. The Morgan fingerprint density at radius 1 is 1.27 bits per heavy atom. The number of carbonyl (C=O) groups is 1. The van der Waals surface area contributed by atoms with Crippen molar-refractivity contribution in [3.63, 3.8) is 0 Å². The van der Waals surface area contributed by atoms with Crippen molar-refractivity contribution in [3.05, 3.63) is 0 Å². The predicted octanol–water partition coefficient (Wildman–Crippen LogP) is 2.79. The summed E-state index contributed by atoms with van der Waals surface area (Å²) in [5.74, 6) is 0.856. The molecular weight excluding hydrogens is 280 g/mol. The van der Waals surface area contributed by atoms with Gasteiger partial charge in [-0.2, -0.15) is 0 Å². The predicted molar refractivity (Wildman–Crippen MR) is 87.0 cm³/mol. The minimum atomic E-state index is -0.452. The fourth-order valence-corrected chi connectivity index (χ4v) is 3.15. The molecule has 1 saturated carbocycles. The smallest absolute Gasteiger partial charge is 0.410 e. The fourth-order valence-electron chi connectivity index (χ4n) is 3.15. The molecule has 1 unspecified atom stereocenters. The number of rotatable bonds is 3. The summed E-state index contributed by atoms with van der Waals surface area (Å²) in [6.07, 6.45) is 4.85. The lowest BCUT2D eigenvalue weighted by atomic mass is 9.87. The highest BCUT2D eigenvalue weighted by molar-refractivity contribution is 5.68. The van der Waals surface area contributed by atoms with Crippen LogP contribution in [0, 0.1) is 5.92 Å². The maximum Gasteiger partial charge on any atom is 0.410 e. The van der Waals surface area contributed by atoms with Gasteiger partial charge in [-0.15, -0.1) is 0 Å². The SMILES string of the molecule is CC1CCC(NCC2COCCN2C(=O)OC(C)(C)C)CC1. The van der Waals surface area contributed by atoms with E-state index in [1.807, 2.05) is 25.7 Å². The number of amides is 1. The molecule has 1 aliphatic heterocycles. The van der Waals surface area contributed by atoms with Gasteiger partial charge in [0.25, 0.3) is 0 Å². The molecule has 1 saturated heterocycles. The maximum absolute atomic E-state index is 12.3. The highest BCUT2D eigenvalue weighted by Crippen LogP contribution is 2.23. The van der Waals surface area contributed by atoms with Gasteiger partial charge < -0.3 is 14.8 Å². The number of nitrogens with zero attached hydrogens (tertiary/aromatic N) is 1. The zero-order chi connectivity index (χ0) is 16.2. The van der Waals surface area contributed by atoms with Crippen LogP contribution >= 0.6 is 0 Å². The lowest BCUT2D eigenvalue weighted by Crippen LogP contribution is -2.55. The molecule has 5 nitrogen and oxygen atoms in total. The van der Waals surface area contributed by atoms with Crippen LogP contribution in [0.3, 0.4) is 0 Å². The second-order valence-corrected chi connectivity index (χ2v) is 7.77. The second kappa shape index (κ2) is 7.64. The van der Waals surface area contributed by atoms with Crippen LogP contribution < -0.4 is 5.32 Å². The molecule has 2 rings (SSSR count). The molecular formula is C17H32N2O3. The first-order chi connectivity index (χ1) is 10.3. The van der Waals surface area contributed by atoms with Crippen LogP contribution in [-0.4, -0.2) is 55.0 Å². The lowest BCUT2D eigenvalue weighted by Gasteiger charge is -2.38. The number of hydrogen-bond acceptors (Lipinski definition) is 4. The fraction of sp³-hybridized carbons (Fsp3) is 0.941. The quantitative estimate of drug-likeness (QED) is 0.870. The third kappa shape index (κ3) is 5.43. The van der Waals surface area contributed by atoms with Gasteiger partial charge in [-0.1, -0.05) is 6.92 Å². The first-order valence-electron chi connectivity index (χ1n) is 8.66. The van der Waals surface area contributed by atoms with Crippen molar-refractivity contribution in [2.75, 3.05) is 26.3 Å². The third-order valence-electron chi connectivity index (χ3n) is 4.51. The summed E-state index contributed by atoms with van der Waals surface area (Å²) in [5.41, 5.74) is -0.452. The zero-order valence-corrected chi connectivity index (χ0v) is 14.6. The van der Waals surface area contributed by atoms with Crippen LogP contribution in [0.1, 0.15) is 53.4 Å². The molecule has 0 radical (unpaired) electrons. The standard InChI is InChI=1S/C17H32N2O3/c1-13-5-7-14(8-6-13)18-11-15-12-21-10-9-19(15)16(20)22-17(2,3)4/h13-15,18H,5-12H2,1-4H3. The van der Waals surface area contributed by atoms with E-state index in [0.717, 1.165) is 12.5 Å². The summed E-state index contributed by atoms with van der Waals surface area (Å²) in [6.45, 7) is 10.6. The van der Waals surface area contributed by atoms with Crippen LogP contribution in [-0.2, 0) is 9.47 Å². The largest absolute Gasteiger partial charge is 0.444 e. The van der Waals surface area contributed by atoms with E-state index in [1.54, 1.807) is 0 Å². The lowest BCUT2D eigenvalue weighted by molar-refractivity contribution is -0.0324. The number of ether oxygens (including phenoxy) is 2. The van der Waals surface area contributed by atoms with Crippen molar-refractivity contribution in [2.45, 2.75) is 71.1 Å². The van der Waals surface area contributed by atoms with Crippen molar-refractivity contribution in [2.24, 2.45) is 5.92 Å². The summed E-state index contributed by atoms with van der Waals surface area (Å²) in [6, 6.07) is 0.654. The molecule has 1 atom stereocenters. The van der Waals surface area contributed by atoms with Gasteiger partial charge in [-0.25, -0.2) is 4.79 Å². The van der Waals surface area contributed by atoms with Crippen LogP contribution in [0.5, 0.6) is 0 Å². The Bertz CT molecular complexity index is 359. The Labute approximate surface area is 134 Å². The van der Waals surface area contributed by atoms with Gasteiger partial charge in [0.15, 0.2) is 0 Å². The summed E-state index contributed by atoms with van der Waals surface area (Å²) in [4.78, 5) is 14.2. The summed E-state index contributed by atoms with van der Waals surface area (Å²) >= 11 is 0. The molecule has 2 aliphatic rings. The maximum atomic E-state index is 12.3. The van der Waals surface area contributed by atoms with Gasteiger partial charge in [0, 0.05) is 19.1 Å². The molecule has 0 aromatic heterocycles. The molecule has 2 fully saturated rings. The highest BCUT2D eigenvalue weighted by atomic mass is 16.6. The van der Waals surface area contributed by atoms with Gasteiger partial charge in [-0.05, 0) is 52.4 Å². The average molecular weight is 312 g/mol. The molecule has 0 aromatic rings. The van der Waals surface area contributed by atoms with E-state index in [2.05, 4.69) is 12.2 Å². The molecule has 0 spiro atoms. The molecule has 0 aromatic carbocycles. The summed E-state index contributed by atoms with van der Waals surface area (Å²) in [5, 5.41) is 3.63. The second-order valence-electron chi connectivity index (χ2n) is 7.77. The van der Waals surface area contributed by atoms with Crippen molar-refractivity contribution in [3.8, 4) is 0 Å². The molecule has 1 amide bonds. The van der Waals surface area contributed by atoms with E-state index in [0.29, 0.717) is 25.8 Å². The number of nitrogens with one attached hydrogen (secondary N) is 1. The zero-order valence-electron chi connectivity index (χ0n) is 14.6. The third-order valence-corrected chi connectivity index (χ3v) is 4.51. The van der Waals surface area contributed by atoms with E-state index in [1.165, 1.54) is 25.7 Å². The normalized spacial score (nSPS) is 30.2. The van der Waals surface area contributed by atoms with E-state index >= 15 is 0 Å². The van der Waals surface area contributed by atoms with Gasteiger partial charge in [0.1, 0.15) is 5.60 Å². The monoisotopic (exact) mass is 312 g/mol. The van der Waals surface area contributed by atoms with Crippen LogP contribution in [0.4, 0.5) is 4.79 Å². The first-order valence-corrected chi connectivity index (χ1v) is 8.66. The van der Waals surface area contributed by atoms with E-state index < -0.39 is 5.60 Å². The molecule has 1 heterocycles. The van der Waals surface area contributed by atoms with Gasteiger partial charge in [0.05, 0.1) is 19.3 Å². The van der Waals surface area contributed by atoms with Crippen molar-refractivity contribution in [1.82, 2.24) is 10.2 Å². The number of hydrogen-bond donors (Lipinski definition) is 1. The molecule has 22 heavy (non-hydrogen) atoms. The Morgan fingerprint density at radius 2 is 1.95 bits per heavy atom. The van der Waals surface area contributed by atoms with Gasteiger partial charge in [-0.3, -0.25) is 4.90 Å². The summed E-state index contributed by atoms with van der Waals surface area (Å²) < 4.78 is 11.1. The van der Waals surface area contributed by atoms with Crippen molar-refractivity contribution in [1.29, 1.82) is 0 Å². The Balaban J connectivity index is 1.83. The van der Waals surface area contributed by atoms with Crippen LogP contribution in [0.25, 0.3) is 0 Å². The van der Waals surface area contributed by atoms with Crippen molar-refractivity contribution < 1.29 is 14.3 Å². The minimum Gasteiger partial charge on any atom is -0.444 e. The summed E-state index contributed by atoms with van der Waals surface area (Å²) in [7, 11) is 0. The highest BCUT2D eigenvalue weighted by Gasteiger charge is 2.31. The molecule has 1 aliphatic carbocycles. The van der Waals surface area contributed by atoms with E-state index in [4.69, 9.17) is 9.47 Å². The Hall–Kier alpha value is -0.810. The van der Waals surface area contributed by atoms with Crippen molar-refractivity contribution >= 4 is 6.09 Å². The molecule has 128 valence electrons. The first kappa shape index (κ1) is 17.5. The molecule has 0 bridgehead atoms. The minimum absolute atomic E-state index is 0.0722.